The molecule has 1 unspecified atom stereocenters. The first-order valence-corrected chi connectivity index (χ1v) is 8.91. The van der Waals surface area contributed by atoms with Crippen molar-refractivity contribution in [2.75, 3.05) is 13.1 Å². The monoisotopic (exact) mass is 326 g/mol. The number of carbonyl (C=O) groups is 3. The molecule has 126 valence electrons. The molecule has 1 aromatic rings. The zero-order chi connectivity index (χ0) is 16.7. The molecule has 1 saturated heterocycles. The predicted molar refractivity (Wildman–Crippen MR) is 88.5 cm³/mol. The van der Waals surface area contributed by atoms with Gasteiger partial charge in [0, 0.05) is 12.6 Å². The Labute approximate surface area is 141 Å². The summed E-state index contributed by atoms with van der Waals surface area (Å²) in [7, 11) is 0. The Hall–Kier alpha value is -2.17. The van der Waals surface area contributed by atoms with Gasteiger partial charge in [-0.25, -0.2) is 0 Å². The topological polar surface area (TPSA) is 57.7 Å². The molecule has 1 aromatic carbocycles. The van der Waals surface area contributed by atoms with Gasteiger partial charge in [-0.3, -0.25) is 19.3 Å². The first-order valence-electron chi connectivity index (χ1n) is 8.91. The number of amides is 3. The standard InChI is InChI=1S/C19H22N2O3/c22-17(20-11-5-10-16(20)13-6-1-2-7-13)12-21-18(23)14-8-3-4-9-15(14)19(21)24/h3-4,8-9,13,16H,1-2,5-7,10-12H2. The van der Waals surface area contributed by atoms with Gasteiger partial charge in [-0.2, -0.15) is 0 Å². The molecular formula is C19H22N2O3. The van der Waals surface area contributed by atoms with E-state index in [4.69, 9.17) is 0 Å². The van der Waals surface area contributed by atoms with Crippen molar-refractivity contribution in [3.63, 3.8) is 0 Å². The molecule has 1 atom stereocenters. The van der Waals surface area contributed by atoms with Crippen LogP contribution < -0.4 is 0 Å². The fourth-order valence-electron chi connectivity index (χ4n) is 4.54. The molecule has 2 heterocycles. The van der Waals surface area contributed by atoms with E-state index in [1.807, 2.05) is 4.90 Å². The number of nitrogens with zero attached hydrogens (tertiary/aromatic N) is 2. The van der Waals surface area contributed by atoms with E-state index in [-0.39, 0.29) is 24.3 Å². The van der Waals surface area contributed by atoms with Gasteiger partial charge in [0.05, 0.1) is 11.1 Å². The van der Waals surface area contributed by atoms with Gasteiger partial charge in [0.15, 0.2) is 0 Å². The number of benzene rings is 1. The third-order valence-corrected chi connectivity index (χ3v) is 5.74. The summed E-state index contributed by atoms with van der Waals surface area (Å²) < 4.78 is 0. The number of hydrogen-bond donors (Lipinski definition) is 0. The Morgan fingerprint density at radius 1 is 0.958 bits per heavy atom. The van der Waals surface area contributed by atoms with Gasteiger partial charge >= 0.3 is 0 Å². The van der Waals surface area contributed by atoms with E-state index in [0.717, 1.165) is 24.3 Å². The maximum atomic E-state index is 12.8. The van der Waals surface area contributed by atoms with Crippen LogP contribution in [0.15, 0.2) is 24.3 Å². The highest BCUT2D eigenvalue weighted by Crippen LogP contribution is 2.35. The van der Waals surface area contributed by atoms with Crippen molar-refractivity contribution in [2.45, 2.75) is 44.6 Å². The van der Waals surface area contributed by atoms with E-state index in [2.05, 4.69) is 0 Å². The predicted octanol–water partition coefficient (Wildman–Crippen LogP) is 2.46. The first-order chi connectivity index (χ1) is 11.7. The van der Waals surface area contributed by atoms with Crippen molar-refractivity contribution in [3.05, 3.63) is 35.4 Å². The molecule has 5 nitrogen and oxygen atoms in total. The molecule has 0 aromatic heterocycles. The Kier molecular flexibility index (Phi) is 3.87. The van der Waals surface area contributed by atoms with Crippen molar-refractivity contribution in [1.82, 2.24) is 9.80 Å². The Bertz CT molecular complexity index is 659. The molecule has 0 spiro atoms. The van der Waals surface area contributed by atoms with Crippen molar-refractivity contribution < 1.29 is 14.4 Å². The highest BCUT2D eigenvalue weighted by molar-refractivity contribution is 6.22. The number of likely N-dealkylation sites (tertiary alicyclic amines) is 1. The number of carbonyl (C=O) groups excluding carboxylic acids is 3. The maximum absolute atomic E-state index is 12.8. The van der Waals surface area contributed by atoms with Gasteiger partial charge < -0.3 is 4.90 Å². The molecule has 2 aliphatic heterocycles. The van der Waals surface area contributed by atoms with Crippen LogP contribution in [0.2, 0.25) is 0 Å². The summed E-state index contributed by atoms with van der Waals surface area (Å²) in [5.41, 5.74) is 0.813. The Morgan fingerprint density at radius 2 is 1.58 bits per heavy atom. The minimum Gasteiger partial charge on any atom is -0.338 e. The van der Waals surface area contributed by atoms with Crippen LogP contribution in [-0.4, -0.2) is 46.7 Å². The summed E-state index contributed by atoms with van der Waals surface area (Å²) in [4.78, 5) is 40.7. The quantitative estimate of drug-likeness (QED) is 0.802. The van der Waals surface area contributed by atoms with E-state index >= 15 is 0 Å². The number of fused-ring (bicyclic) bond motifs is 1. The van der Waals surface area contributed by atoms with Crippen molar-refractivity contribution in [2.24, 2.45) is 5.92 Å². The molecule has 0 radical (unpaired) electrons. The first kappa shape index (κ1) is 15.4. The van der Waals surface area contributed by atoms with Crippen LogP contribution in [0.5, 0.6) is 0 Å². The molecule has 2 fully saturated rings. The smallest absolute Gasteiger partial charge is 0.262 e. The fraction of sp³-hybridized carbons (Fsp3) is 0.526. The average molecular weight is 326 g/mol. The summed E-state index contributed by atoms with van der Waals surface area (Å²) >= 11 is 0. The molecule has 3 amide bonds. The van der Waals surface area contributed by atoms with E-state index in [9.17, 15) is 14.4 Å². The van der Waals surface area contributed by atoms with Gasteiger partial charge in [0.1, 0.15) is 6.54 Å². The van der Waals surface area contributed by atoms with Crippen LogP contribution >= 0.6 is 0 Å². The zero-order valence-electron chi connectivity index (χ0n) is 13.7. The van der Waals surface area contributed by atoms with E-state index in [0.29, 0.717) is 23.1 Å². The highest BCUT2D eigenvalue weighted by atomic mass is 16.2. The molecule has 0 bridgehead atoms. The molecule has 5 heteroatoms. The van der Waals surface area contributed by atoms with Crippen molar-refractivity contribution in [1.29, 1.82) is 0 Å². The van der Waals surface area contributed by atoms with Crippen LogP contribution in [0.3, 0.4) is 0 Å². The lowest BCUT2D eigenvalue weighted by Gasteiger charge is -2.30. The number of imide groups is 1. The molecular weight excluding hydrogens is 304 g/mol. The Balaban J connectivity index is 1.48. The van der Waals surface area contributed by atoms with Gasteiger partial charge in [-0.05, 0) is 43.7 Å². The van der Waals surface area contributed by atoms with Gasteiger partial charge in [-0.15, -0.1) is 0 Å². The van der Waals surface area contributed by atoms with Crippen LogP contribution in [0.25, 0.3) is 0 Å². The Morgan fingerprint density at radius 3 is 2.21 bits per heavy atom. The zero-order valence-corrected chi connectivity index (χ0v) is 13.7. The molecule has 1 aliphatic carbocycles. The van der Waals surface area contributed by atoms with Gasteiger partial charge in [0.25, 0.3) is 11.8 Å². The van der Waals surface area contributed by atoms with Crippen LogP contribution in [0, 0.1) is 5.92 Å². The summed E-state index contributed by atoms with van der Waals surface area (Å²) in [5, 5.41) is 0. The second kappa shape index (κ2) is 6.04. The largest absolute Gasteiger partial charge is 0.338 e. The third-order valence-electron chi connectivity index (χ3n) is 5.74. The second-order valence-corrected chi connectivity index (χ2v) is 7.08. The van der Waals surface area contributed by atoms with Crippen LogP contribution in [-0.2, 0) is 4.79 Å². The normalized spacial score (nSPS) is 24.1. The van der Waals surface area contributed by atoms with Crippen LogP contribution in [0.4, 0.5) is 0 Å². The van der Waals surface area contributed by atoms with E-state index < -0.39 is 0 Å². The minimum atomic E-state index is -0.347. The maximum Gasteiger partial charge on any atom is 0.262 e. The summed E-state index contributed by atoms with van der Waals surface area (Å²) in [5.74, 6) is -0.182. The molecule has 4 rings (SSSR count). The van der Waals surface area contributed by atoms with E-state index in [1.165, 1.54) is 25.7 Å². The third kappa shape index (κ3) is 2.43. The summed E-state index contributed by atoms with van der Waals surface area (Å²) in [6.07, 6.45) is 6.97. The average Bonchev–Trinajstić information content (AvgIpc) is 3.31. The molecule has 3 aliphatic rings. The summed E-state index contributed by atoms with van der Waals surface area (Å²) in [6.45, 7) is 0.624. The van der Waals surface area contributed by atoms with Crippen molar-refractivity contribution >= 4 is 17.7 Å². The summed E-state index contributed by atoms with van der Waals surface area (Å²) in [6, 6.07) is 7.09. The van der Waals surface area contributed by atoms with Gasteiger partial charge in [0.2, 0.25) is 5.91 Å². The van der Waals surface area contributed by atoms with Crippen LogP contribution in [0.1, 0.15) is 59.2 Å². The minimum absolute atomic E-state index is 0.0843. The second-order valence-electron chi connectivity index (χ2n) is 7.08. The lowest BCUT2D eigenvalue weighted by Crippen LogP contribution is -2.46. The van der Waals surface area contributed by atoms with Gasteiger partial charge in [-0.1, -0.05) is 25.0 Å². The lowest BCUT2D eigenvalue weighted by atomic mass is 9.96. The SMILES string of the molecule is O=C1c2ccccc2C(=O)N1CC(=O)N1CCCC1C1CCCC1. The molecule has 24 heavy (non-hydrogen) atoms. The van der Waals surface area contributed by atoms with E-state index in [1.54, 1.807) is 24.3 Å². The molecule has 0 N–H and O–H groups in total. The molecule has 1 saturated carbocycles. The fourth-order valence-corrected chi connectivity index (χ4v) is 4.54. The highest BCUT2D eigenvalue weighted by Gasteiger charge is 2.40. The van der Waals surface area contributed by atoms with Crippen molar-refractivity contribution in [3.8, 4) is 0 Å². The number of rotatable bonds is 3. The lowest BCUT2D eigenvalue weighted by molar-refractivity contribution is -0.133. The number of hydrogen-bond acceptors (Lipinski definition) is 3.